The van der Waals surface area contributed by atoms with Gasteiger partial charge in [-0.25, -0.2) is 18.4 Å². The van der Waals surface area contributed by atoms with E-state index in [1.165, 1.54) is 17.6 Å². The molecule has 4 heterocycles. The van der Waals surface area contributed by atoms with E-state index in [9.17, 15) is 21.6 Å². The third-order valence-corrected chi connectivity index (χ3v) is 8.07. The Morgan fingerprint density at radius 3 is 2.33 bits per heavy atom. The molecule has 12 heteroatoms. The summed E-state index contributed by atoms with van der Waals surface area (Å²) in [5.41, 5.74) is 1.42. The summed E-state index contributed by atoms with van der Waals surface area (Å²) >= 11 is 12.3. The lowest BCUT2D eigenvalue weighted by Crippen LogP contribution is -2.07. The first-order chi connectivity index (χ1) is 16.9. The summed E-state index contributed by atoms with van der Waals surface area (Å²) in [7, 11) is -2.16. The largest absolute Gasteiger partial charge is 0.417 e. The molecule has 4 aromatic heterocycles. The van der Waals surface area contributed by atoms with Crippen LogP contribution in [0.2, 0.25) is 10.0 Å². The average Bonchev–Trinajstić information content (AvgIpc) is 3.35. The standard InChI is InChI=1S/C24H17Cl2F3N4O2S/c1-3-36(34,35)20-10-18-5-4-13(14-6-16(25)9-17(26)7-14)12-33(18)21(20)23-31-19-8-15(24(27,28)29)11-30-22(19)32(23)2/h4-12H,3H2,1-2H3. The van der Waals surface area contributed by atoms with Crippen molar-refractivity contribution >= 4 is 49.7 Å². The number of nitrogens with zero attached hydrogens (tertiary/aromatic N) is 4. The Morgan fingerprint density at radius 2 is 1.69 bits per heavy atom. The highest BCUT2D eigenvalue weighted by atomic mass is 35.5. The highest BCUT2D eigenvalue weighted by Crippen LogP contribution is 2.36. The molecule has 5 rings (SSSR count). The molecule has 186 valence electrons. The number of sulfone groups is 1. The van der Waals surface area contributed by atoms with Crippen molar-refractivity contribution in [3.05, 3.63) is 70.5 Å². The van der Waals surface area contributed by atoms with E-state index < -0.39 is 21.6 Å². The van der Waals surface area contributed by atoms with E-state index in [0.29, 0.717) is 26.7 Å². The van der Waals surface area contributed by atoms with Gasteiger partial charge in [-0.15, -0.1) is 0 Å². The molecular formula is C24H17Cl2F3N4O2S. The fraction of sp³-hybridized carbons (Fsp3) is 0.167. The maximum atomic E-state index is 13.3. The minimum absolute atomic E-state index is 0.00472. The molecule has 0 unspecified atom stereocenters. The summed E-state index contributed by atoms with van der Waals surface area (Å²) < 4.78 is 69.0. The Bertz CT molecular complexity index is 1760. The summed E-state index contributed by atoms with van der Waals surface area (Å²) in [5.74, 6) is -0.0150. The number of imidazole rings is 1. The van der Waals surface area contributed by atoms with Gasteiger partial charge in [0.15, 0.2) is 21.3 Å². The SMILES string of the molecule is CCS(=O)(=O)c1cc2ccc(-c3cc(Cl)cc(Cl)c3)cn2c1-c1nc2cc(C(F)(F)F)cnc2n1C. The molecule has 36 heavy (non-hydrogen) atoms. The number of pyridine rings is 2. The molecule has 5 aromatic rings. The van der Waals surface area contributed by atoms with E-state index in [0.717, 1.165) is 12.3 Å². The smallest absolute Gasteiger partial charge is 0.312 e. The maximum Gasteiger partial charge on any atom is 0.417 e. The fourth-order valence-corrected chi connectivity index (χ4v) is 5.71. The van der Waals surface area contributed by atoms with Gasteiger partial charge in [-0.05, 0) is 47.5 Å². The molecule has 0 fully saturated rings. The number of aromatic nitrogens is 4. The number of rotatable bonds is 4. The molecule has 0 N–H and O–H groups in total. The molecule has 0 radical (unpaired) electrons. The molecule has 0 aliphatic rings. The Balaban J connectivity index is 1.83. The Hall–Kier alpha value is -3.08. The molecule has 0 spiro atoms. The van der Waals surface area contributed by atoms with Crippen LogP contribution in [0.4, 0.5) is 13.2 Å². The van der Waals surface area contributed by atoms with Crippen LogP contribution in [-0.2, 0) is 23.1 Å². The topological polar surface area (TPSA) is 69.3 Å². The lowest BCUT2D eigenvalue weighted by Gasteiger charge is -2.09. The van der Waals surface area contributed by atoms with Gasteiger partial charge in [0, 0.05) is 35.0 Å². The minimum Gasteiger partial charge on any atom is -0.312 e. The van der Waals surface area contributed by atoms with Gasteiger partial charge in [0.1, 0.15) is 11.2 Å². The normalized spacial score (nSPS) is 12.6. The Morgan fingerprint density at radius 1 is 1.00 bits per heavy atom. The van der Waals surface area contributed by atoms with Crippen LogP contribution >= 0.6 is 23.2 Å². The van der Waals surface area contributed by atoms with Crippen molar-refractivity contribution in [2.24, 2.45) is 7.05 Å². The highest BCUT2D eigenvalue weighted by Gasteiger charge is 2.32. The third kappa shape index (κ3) is 4.12. The van der Waals surface area contributed by atoms with Crippen molar-refractivity contribution in [1.82, 2.24) is 18.9 Å². The van der Waals surface area contributed by atoms with E-state index in [1.807, 2.05) is 0 Å². The molecular weight excluding hydrogens is 536 g/mol. The quantitative estimate of drug-likeness (QED) is 0.249. The second-order valence-electron chi connectivity index (χ2n) is 8.19. The highest BCUT2D eigenvalue weighted by molar-refractivity contribution is 7.91. The summed E-state index contributed by atoms with van der Waals surface area (Å²) in [4.78, 5) is 8.35. The van der Waals surface area contributed by atoms with Crippen molar-refractivity contribution in [1.29, 1.82) is 0 Å². The number of hydrogen-bond acceptors (Lipinski definition) is 4. The van der Waals surface area contributed by atoms with E-state index in [2.05, 4.69) is 9.97 Å². The number of benzene rings is 1. The predicted molar refractivity (Wildman–Crippen MR) is 133 cm³/mol. The van der Waals surface area contributed by atoms with Gasteiger partial charge in [-0.3, -0.25) is 0 Å². The molecule has 0 amide bonds. The number of halogens is 5. The molecule has 0 aliphatic heterocycles. The van der Waals surface area contributed by atoms with Crippen LogP contribution in [0.3, 0.4) is 0 Å². The zero-order chi connectivity index (χ0) is 26.0. The zero-order valence-electron chi connectivity index (χ0n) is 18.8. The average molecular weight is 553 g/mol. The molecule has 0 saturated carbocycles. The van der Waals surface area contributed by atoms with Crippen LogP contribution in [0, 0.1) is 0 Å². The van der Waals surface area contributed by atoms with Crippen molar-refractivity contribution < 1.29 is 21.6 Å². The van der Waals surface area contributed by atoms with Crippen LogP contribution in [0.1, 0.15) is 12.5 Å². The van der Waals surface area contributed by atoms with Crippen molar-refractivity contribution in [2.75, 3.05) is 5.75 Å². The van der Waals surface area contributed by atoms with Crippen LogP contribution in [0.5, 0.6) is 0 Å². The van der Waals surface area contributed by atoms with Gasteiger partial charge < -0.3 is 8.97 Å². The van der Waals surface area contributed by atoms with Gasteiger partial charge in [0.25, 0.3) is 0 Å². The Labute approximate surface area is 213 Å². The molecule has 6 nitrogen and oxygen atoms in total. The lowest BCUT2D eigenvalue weighted by atomic mass is 10.1. The van der Waals surface area contributed by atoms with Gasteiger partial charge >= 0.3 is 6.18 Å². The molecule has 0 atom stereocenters. The van der Waals surface area contributed by atoms with Crippen molar-refractivity contribution in [3.63, 3.8) is 0 Å². The zero-order valence-corrected chi connectivity index (χ0v) is 21.1. The van der Waals surface area contributed by atoms with Gasteiger partial charge in [0.2, 0.25) is 0 Å². The Kier molecular flexibility index (Phi) is 5.81. The summed E-state index contributed by atoms with van der Waals surface area (Å²) in [6.07, 6.45) is -2.14. The summed E-state index contributed by atoms with van der Waals surface area (Å²) in [5, 5.41) is 0.864. The third-order valence-electron chi connectivity index (χ3n) is 5.89. The molecule has 0 aliphatic carbocycles. The lowest BCUT2D eigenvalue weighted by molar-refractivity contribution is -0.137. The number of alkyl halides is 3. The predicted octanol–water partition coefficient (Wildman–Crippen LogP) is 6.67. The first-order valence-electron chi connectivity index (χ1n) is 10.6. The molecule has 1 aromatic carbocycles. The maximum absolute atomic E-state index is 13.3. The van der Waals surface area contributed by atoms with Crippen LogP contribution < -0.4 is 0 Å². The van der Waals surface area contributed by atoms with Gasteiger partial charge in [-0.2, -0.15) is 13.2 Å². The minimum atomic E-state index is -4.59. The van der Waals surface area contributed by atoms with Crippen LogP contribution in [0.25, 0.3) is 39.3 Å². The van der Waals surface area contributed by atoms with Crippen molar-refractivity contribution in [3.8, 4) is 22.6 Å². The van der Waals surface area contributed by atoms with E-state index >= 15 is 0 Å². The summed E-state index contributed by atoms with van der Waals surface area (Å²) in [6, 6.07) is 11.0. The molecule has 0 saturated heterocycles. The monoisotopic (exact) mass is 552 g/mol. The molecule has 0 bridgehead atoms. The fourth-order valence-electron chi connectivity index (χ4n) is 4.09. The van der Waals surface area contributed by atoms with Gasteiger partial charge in [-0.1, -0.05) is 36.2 Å². The van der Waals surface area contributed by atoms with E-state index in [-0.39, 0.29) is 33.3 Å². The van der Waals surface area contributed by atoms with Crippen LogP contribution in [-0.4, -0.2) is 33.1 Å². The van der Waals surface area contributed by atoms with Crippen molar-refractivity contribution in [2.45, 2.75) is 18.0 Å². The second-order valence-corrected chi connectivity index (χ2v) is 11.3. The number of fused-ring (bicyclic) bond motifs is 2. The van der Waals surface area contributed by atoms with E-state index in [1.54, 1.807) is 48.0 Å². The number of aryl methyl sites for hydroxylation is 1. The van der Waals surface area contributed by atoms with Crippen LogP contribution in [0.15, 0.2) is 59.8 Å². The summed E-state index contributed by atoms with van der Waals surface area (Å²) in [6.45, 7) is 1.52. The first kappa shape index (κ1) is 24.6. The first-order valence-corrected chi connectivity index (χ1v) is 13.0. The van der Waals surface area contributed by atoms with Gasteiger partial charge in [0.05, 0.1) is 16.2 Å². The number of hydrogen-bond donors (Lipinski definition) is 0. The van der Waals surface area contributed by atoms with E-state index in [4.69, 9.17) is 23.2 Å². The second kappa shape index (κ2) is 8.50.